The molecule has 6 heteroatoms. The van der Waals surface area contributed by atoms with Crippen LogP contribution >= 0.6 is 22.9 Å². The van der Waals surface area contributed by atoms with E-state index in [0.717, 1.165) is 24.5 Å². The van der Waals surface area contributed by atoms with E-state index >= 15 is 0 Å². The zero-order valence-electron chi connectivity index (χ0n) is 6.90. The van der Waals surface area contributed by atoms with Crippen LogP contribution in [0.4, 0.5) is 0 Å². The second-order valence-corrected chi connectivity index (χ2v) is 4.44. The number of guanidine groups is 1. The van der Waals surface area contributed by atoms with Crippen LogP contribution in [0.5, 0.6) is 0 Å². The quantitative estimate of drug-likeness (QED) is 0.800. The maximum atomic E-state index is 5.71. The minimum Gasteiger partial charge on any atom is -0.370 e. The average Bonchev–Trinajstić information content (AvgIpc) is 2.64. The Labute approximate surface area is 85.0 Å². The number of thiazole rings is 1. The Morgan fingerprint density at radius 2 is 2.54 bits per heavy atom. The summed E-state index contributed by atoms with van der Waals surface area (Å²) < 4.78 is 0.574. The van der Waals surface area contributed by atoms with E-state index in [1.165, 1.54) is 11.3 Å². The molecular weight excluding hydrogens is 208 g/mol. The number of nitrogens with zero attached hydrogens (tertiary/aromatic N) is 3. The highest BCUT2D eigenvalue weighted by Gasteiger charge is 2.14. The van der Waals surface area contributed by atoms with Gasteiger partial charge in [0.05, 0.1) is 13.1 Å². The third-order valence-corrected chi connectivity index (χ3v) is 2.94. The van der Waals surface area contributed by atoms with Crippen LogP contribution in [-0.2, 0) is 6.54 Å². The van der Waals surface area contributed by atoms with Gasteiger partial charge in [-0.2, -0.15) is 0 Å². The SMILES string of the molecule is NC1=NCCN1Cc1cnc(Cl)s1. The molecule has 0 fully saturated rings. The summed E-state index contributed by atoms with van der Waals surface area (Å²) in [5.74, 6) is 0.615. The second kappa shape index (κ2) is 3.51. The van der Waals surface area contributed by atoms with E-state index in [-0.39, 0.29) is 0 Å². The van der Waals surface area contributed by atoms with E-state index in [1.807, 2.05) is 4.90 Å². The predicted molar refractivity (Wildman–Crippen MR) is 54.0 cm³/mol. The van der Waals surface area contributed by atoms with Gasteiger partial charge < -0.3 is 10.6 Å². The molecule has 70 valence electrons. The van der Waals surface area contributed by atoms with Gasteiger partial charge >= 0.3 is 0 Å². The summed E-state index contributed by atoms with van der Waals surface area (Å²) in [6, 6.07) is 0. The highest BCUT2D eigenvalue weighted by molar-refractivity contribution is 7.15. The number of aromatic nitrogens is 1. The third kappa shape index (κ3) is 1.92. The van der Waals surface area contributed by atoms with Gasteiger partial charge in [-0.1, -0.05) is 11.6 Å². The van der Waals surface area contributed by atoms with Gasteiger partial charge in [0, 0.05) is 17.6 Å². The van der Waals surface area contributed by atoms with Gasteiger partial charge in [-0.15, -0.1) is 11.3 Å². The van der Waals surface area contributed by atoms with Crippen LogP contribution in [0, 0.1) is 0 Å². The molecule has 2 heterocycles. The first-order valence-corrected chi connectivity index (χ1v) is 5.10. The minimum absolute atomic E-state index is 0.574. The normalized spacial score (nSPS) is 16.4. The Bertz CT molecular complexity index is 335. The first-order chi connectivity index (χ1) is 6.25. The maximum Gasteiger partial charge on any atom is 0.191 e. The molecule has 0 aromatic carbocycles. The summed E-state index contributed by atoms with van der Waals surface area (Å²) in [6.45, 7) is 2.44. The van der Waals surface area contributed by atoms with Crippen LogP contribution in [0.2, 0.25) is 4.47 Å². The van der Waals surface area contributed by atoms with Crippen molar-refractivity contribution in [3.05, 3.63) is 15.5 Å². The molecule has 0 spiro atoms. The van der Waals surface area contributed by atoms with Crippen molar-refractivity contribution in [2.24, 2.45) is 10.7 Å². The van der Waals surface area contributed by atoms with Crippen molar-refractivity contribution in [1.82, 2.24) is 9.88 Å². The van der Waals surface area contributed by atoms with E-state index in [1.54, 1.807) is 6.20 Å². The van der Waals surface area contributed by atoms with E-state index in [4.69, 9.17) is 17.3 Å². The summed E-state index contributed by atoms with van der Waals surface area (Å²) in [5.41, 5.74) is 5.66. The lowest BCUT2D eigenvalue weighted by molar-refractivity contribution is 0.452. The van der Waals surface area contributed by atoms with Crippen molar-refractivity contribution < 1.29 is 0 Å². The number of hydrogen-bond acceptors (Lipinski definition) is 5. The van der Waals surface area contributed by atoms with Crippen LogP contribution in [0.25, 0.3) is 0 Å². The molecule has 1 aromatic rings. The molecule has 2 rings (SSSR count). The summed E-state index contributed by atoms with van der Waals surface area (Å²) in [4.78, 5) is 11.2. The molecule has 0 amide bonds. The van der Waals surface area contributed by atoms with Crippen molar-refractivity contribution in [3.63, 3.8) is 0 Å². The lowest BCUT2D eigenvalue weighted by atomic mass is 10.5. The molecule has 0 unspecified atom stereocenters. The predicted octanol–water partition coefficient (Wildman–Crippen LogP) is 0.927. The topological polar surface area (TPSA) is 54.5 Å². The van der Waals surface area contributed by atoms with Crippen molar-refractivity contribution in [1.29, 1.82) is 0 Å². The van der Waals surface area contributed by atoms with Gasteiger partial charge in [-0.25, -0.2) is 4.98 Å². The Morgan fingerprint density at radius 3 is 3.08 bits per heavy atom. The summed E-state index contributed by atoms with van der Waals surface area (Å²) in [6.07, 6.45) is 1.78. The fourth-order valence-corrected chi connectivity index (χ4v) is 2.20. The lowest BCUT2D eigenvalue weighted by Crippen LogP contribution is -2.32. The molecule has 0 atom stereocenters. The van der Waals surface area contributed by atoms with Gasteiger partial charge in [0.25, 0.3) is 0 Å². The first kappa shape index (κ1) is 8.77. The Morgan fingerprint density at radius 1 is 1.69 bits per heavy atom. The van der Waals surface area contributed by atoms with Gasteiger partial charge in [-0.3, -0.25) is 4.99 Å². The molecule has 1 aliphatic heterocycles. The van der Waals surface area contributed by atoms with Gasteiger partial charge in [0.1, 0.15) is 0 Å². The summed E-state index contributed by atoms with van der Waals surface area (Å²) in [5, 5.41) is 0. The van der Waals surface area contributed by atoms with Crippen LogP contribution in [-0.4, -0.2) is 28.9 Å². The molecule has 2 N–H and O–H groups in total. The first-order valence-electron chi connectivity index (χ1n) is 3.91. The number of nitrogens with two attached hydrogens (primary N) is 1. The summed E-state index contributed by atoms with van der Waals surface area (Å²) in [7, 11) is 0. The highest BCUT2D eigenvalue weighted by atomic mass is 35.5. The molecule has 1 aromatic heterocycles. The maximum absolute atomic E-state index is 5.71. The Kier molecular flexibility index (Phi) is 2.37. The average molecular weight is 217 g/mol. The fourth-order valence-electron chi connectivity index (χ4n) is 1.20. The second-order valence-electron chi connectivity index (χ2n) is 2.74. The monoisotopic (exact) mass is 216 g/mol. The molecule has 0 saturated carbocycles. The molecular formula is C7H9ClN4S. The van der Waals surface area contributed by atoms with Crippen LogP contribution in [0.1, 0.15) is 4.88 Å². The zero-order valence-corrected chi connectivity index (χ0v) is 8.48. The molecule has 0 bridgehead atoms. The number of hydrogen-bond donors (Lipinski definition) is 1. The van der Waals surface area contributed by atoms with Gasteiger partial charge in [-0.05, 0) is 0 Å². The Hall–Kier alpha value is -0.810. The van der Waals surface area contributed by atoms with Crippen LogP contribution in [0.15, 0.2) is 11.2 Å². The van der Waals surface area contributed by atoms with Gasteiger partial charge in [0.15, 0.2) is 10.4 Å². The van der Waals surface area contributed by atoms with Gasteiger partial charge in [0.2, 0.25) is 0 Å². The molecule has 13 heavy (non-hydrogen) atoms. The number of rotatable bonds is 2. The van der Waals surface area contributed by atoms with Crippen LogP contribution < -0.4 is 5.73 Å². The fraction of sp³-hybridized carbons (Fsp3) is 0.429. The van der Waals surface area contributed by atoms with E-state index in [0.29, 0.717) is 10.4 Å². The largest absolute Gasteiger partial charge is 0.370 e. The van der Waals surface area contributed by atoms with Crippen molar-refractivity contribution in [2.45, 2.75) is 6.54 Å². The number of halogens is 1. The smallest absolute Gasteiger partial charge is 0.191 e. The van der Waals surface area contributed by atoms with E-state index in [2.05, 4.69) is 9.98 Å². The standard InChI is InChI=1S/C7H9ClN4S/c8-6-11-3-5(13-6)4-12-2-1-10-7(12)9/h3H,1-2,4H2,(H2,9,10). The number of aliphatic imine (C=N–C) groups is 1. The molecule has 0 aliphatic carbocycles. The lowest BCUT2D eigenvalue weighted by Gasteiger charge is -2.15. The third-order valence-electron chi connectivity index (χ3n) is 1.84. The van der Waals surface area contributed by atoms with Crippen molar-refractivity contribution in [2.75, 3.05) is 13.1 Å². The van der Waals surface area contributed by atoms with Crippen LogP contribution in [0.3, 0.4) is 0 Å². The zero-order chi connectivity index (χ0) is 9.26. The highest BCUT2D eigenvalue weighted by Crippen LogP contribution is 2.19. The minimum atomic E-state index is 0.574. The molecule has 4 nitrogen and oxygen atoms in total. The van der Waals surface area contributed by atoms with Crippen molar-refractivity contribution >= 4 is 28.9 Å². The Balaban J connectivity index is 2.02. The molecule has 0 radical (unpaired) electrons. The van der Waals surface area contributed by atoms with Crippen molar-refractivity contribution in [3.8, 4) is 0 Å². The van der Waals surface area contributed by atoms with E-state index in [9.17, 15) is 0 Å². The van der Waals surface area contributed by atoms with E-state index < -0.39 is 0 Å². The summed E-state index contributed by atoms with van der Waals surface area (Å²) >= 11 is 7.19. The molecule has 0 saturated heterocycles. The molecule has 1 aliphatic rings.